The molecule has 186 valence electrons. The van der Waals surface area contributed by atoms with Crippen molar-refractivity contribution in [2.45, 2.75) is 21.5 Å². The van der Waals surface area contributed by atoms with E-state index >= 15 is 0 Å². The predicted molar refractivity (Wildman–Crippen MR) is 114 cm³/mol. The van der Waals surface area contributed by atoms with Crippen molar-refractivity contribution in [3.05, 3.63) is 72.1 Å². The van der Waals surface area contributed by atoms with E-state index in [4.69, 9.17) is 4.84 Å². The number of rotatable bonds is 6. The van der Waals surface area contributed by atoms with Crippen LogP contribution in [0.15, 0.2) is 70.7 Å². The summed E-state index contributed by atoms with van der Waals surface area (Å²) in [5.41, 5.74) is -5.17. The summed E-state index contributed by atoms with van der Waals surface area (Å²) in [6.07, 6.45) is -1.79. The second-order valence-electron chi connectivity index (χ2n) is 6.97. The fourth-order valence-corrected chi connectivity index (χ4v) is 4.23. The number of nitrogens with zero attached hydrogens (tertiary/aromatic N) is 1. The minimum absolute atomic E-state index is 0.00610. The molecule has 1 N–H and O–H groups in total. The number of pyridine rings is 1. The summed E-state index contributed by atoms with van der Waals surface area (Å²) in [6.45, 7) is 0. The molecule has 0 aliphatic carbocycles. The zero-order chi connectivity index (χ0) is 26.0. The lowest BCUT2D eigenvalue weighted by Crippen LogP contribution is -2.27. The Morgan fingerprint density at radius 2 is 1.74 bits per heavy atom. The molecule has 0 radical (unpaired) electrons. The van der Waals surface area contributed by atoms with Crippen molar-refractivity contribution in [1.82, 2.24) is 10.5 Å². The molecule has 1 amide bonds. The van der Waals surface area contributed by atoms with Gasteiger partial charge in [-0.05, 0) is 53.7 Å². The third kappa shape index (κ3) is 6.88. The lowest BCUT2D eigenvalue weighted by molar-refractivity contribution is -0.140. The fourth-order valence-electron chi connectivity index (χ4n) is 2.85. The number of amides is 1. The van der Waals surface area contributed by atoms with Crippen molar-refractivity contribution in [2.75, 3.05) is 6.26 Å². The molecule has 0 saturated carbocycles. The zero-order valence-electron chi connectivity index (χ0n) is 17.4. The van der Waals surface area contributed by atoms with Crippen LogP contribution in [-0.2, 0) is 16.0 Å². The van der Waals surface area contributed by atoms with Gasteiger partial charge in [0.15, 0.2) is 15.6 Å². The number of aromatic nitrogens is 1. The monoisotopic (exact) mass is 536 g/mol. The summed E-state index contributed by atoms with van der Waals surface area (Å²) >= 11 is -0.987. The van der Waals surface area contributed by atoms with Crippen LogP contribution in [0, 0.1) is 0 Å². The van der Waals surface area contributed by atoms with Crippen LogP contribution in [0.5, 0.6) is 5.75 Å². The first-order valence-electron chi connectivity index (χ1n) is 9.34. The molecule has 0 spiro atoms. The van der Waals surface area contributed by atoms with Gasteiger partial charge in [-0.1, -0.05) is 12.1 Å². The number of sulfone groups is 1. The van der Waals surface area contributed by atoms with Gasteiger partial charge in [0.05, 0.1) is 16.0 Å². The molecule has 0 fully saturated rings. The van der Waals surface area contributed by atoms with Crippen molar-refractivity contribution in [3.8, 4) is 16.9 Å². The van der Waals surface area contributed by atoms with Crippen LogP contribution in [0.1, 0.15) is 15.9 Å². The second kappa shape index (κ2) is 9.77. The maximum atomic E-state index is 13.6. The Kier molecular flexibility index (Phi) is 7.36. The first kappa shape index (κ1) is 26.3. The molecular formula is C21H14F6N2O4S2. The van der Waals surface area contributed by atoms with Gasteiger partial charge in [0, 0.05) is 29.1 Å². The molecule has 1 heterocycles. The minimum Gasteiger partial charge on any atom is -0.379 e. The lowest BCUT2D eigenvalue weighted by Gasteiger charge is -2.19. The van der Waals surface area contributed by atoms with E-state index in [1.807, 2.05) is 5.48 Å². The Balaban J connectivity index is 2.16. The van der Waals surface area contributed by atoms with Crippen LogP contribution in [0.3, 0.4) is 0 Å². The largest absolute Gasteiger partial charge is 0.446 e. The number of hydrogen-bond acceptors (Lipinski definition) is 6. The number of alkyl halides is 6. The number of hydroxylamine groups is 1. The molecule has 35 heavy (non-hydrogen) atoms. The summed E-state index contributed by atoms with van der Waals surface area (Å²) in [4.78, 5) is 19.6. The SMILES string of the molecule is CS(=O)(=O)c1cccc(-c2cc(SC(F)(F)F)c(C(F)(F)F)cc2ONC(=O)c2cccnc2)c1. The average molecular weight is 536 g/mol. The molecule has 6 nitrogen and oxygen atoms in total. The van der Waals surface area contributed by atoms with E-state index in [2.05, 4.69) is 4.98 Å². The second-order valence-corrected chi connectivity index (χ2v) is 10.1. The smallest absolute Gasteiger partial charge is 0.379 e. The van der Waals surface area contributed by atoms with Crippen molar-refractivity contribution >= 4 is 27.5 Å². The number of hydrogen-bond donors (Lipinski definition) is 1. The van der Waals surface area contributed by atoms with Gasteiger partial charge in [-0.25, -0.2) is 8.42 Å². The zero-order valence-corrected chi connectivity index (χ0v) is 19.1. The number of halogens is 6. The highest BCUT2D eigenvalue weighted by Crippen LogP contribution is 2.47. The van der Waals surface area contributed by atoms with Crippen LogP contribution in [0.25, 0.3) is 11.1 Å². The molecule has 3 aromatic rings. The highest BCUT2D eigenvalue weighted by Gasteiger charge is 2.39. The molecular weight excluding hydrogens is 522 g/mol. The molecule has 14 heteroatoms. The van der Waals surface area contributed by atoms with Gasteiger partial charge in [0.25, 0.3) is 5.91 Å². The standard InChI is InChI=1S/C21H14F6N2O4S2/c1-35(31,32)14-6-2-4-12(8-14)15-9-18(34-21(25,26)27)16(20(22,23)24)10-17(15)33-29-19(30)13-5-3-7-28-11-13/h2-11H,1H3,(H,29,30). The van der Waals surface area contributed by atoms with Crippen LogP contribution < -0.4 is 10.3 Å². The maximum Gasteiger partial charge on any atom is 0.446 e. The summed E-state index contributed by atoms with van der Waals surface area (Å²) in [6, 6.07) is 8.45. The van der Waals surface area contributed by atoms with Crippen molar-refractivity contribution in [3.63, 3.8) is 0 Å². The number of thioether (sulfide) groups is 1. The van der Waals surface area contributed by atoms with E-state index in [1.54, 1.807) is 0 Å². The molecule has 3 rings (SSSR count). The molecule has 0 aliphatic rings. The summed E-state index contributed by atoms with van der Waals surface area (Å²) in [7, 11) is -3.76. The first-order valence-corrected chi connectivity index (χ1v) is 12.0. The molecule has 1 aromatic heterocycles. The Labute approximate surface area is 199 Å². The van der Waals surface area contributed by atoms with E-state index in [0.29, 0.717) is 12.1 Å². The van der Waals surface area contributed by atoms with Crippen LogP contribution in [0.2, 0.25) is 0 Å². The van der Waals surface area contributed by atoms with E-state index in [9.17, 15) is 39.6 Å². The van der Waals surface area contributed by atoms with E-state index < -0.39 is 55.4 Å². The third-order valence-electron chi connectivity index (χ3n) is 4.36. The number of carbonyl (C=O) groups excluding carboxylic acids is 1. The van der Waals surface area contributed by atoms with Gasteiger partial charge < -0.3 is 4.84 Å². The number of nitrogens with one attached hydrogen (secondary N) is 1. The molecule has 0 unspecified atom stereocenters. The Hall–Kier alpha value is -3.26. The van der Waals surface area contributed by atoms with Crippen molar-refractivity contribution in [2.24, 2.45) is 0 Å². The molecule has 0 saturated heterocycles. The van der Waals surface area contributed by atoms with Gasteiger partial charge >= 0.3 is 11.7 Å². The highest BCUT2D eigenvalue weighted by molar-refractivity contribution is 8.00. The van der Waals surface area contributed by atoms with E-state index in [0.717, 1.165) is 18.5 Å². The van der Waals surface area contributed by atoms with E-state index in [1.165, 1.54) is 36.5 Å². The Morgan fingerprint density at radius 3 is 2.31 bits per heavy atom. The summed E-state index contributed by atoms with van der Waals surface area (Å²) < 4.78 is 104. The highest BCUT2D eigenvalue weighted by atomic mass is 32.2. The molecule has 0 aliphatic heterocycles. The van der Waals surface area contributed by atoms with Gasteiger partial charge in [0.2, 0.25) is 0 Å². The van der Waals surface area contributed by atoms with Crippen molar-refractivity contribution in [1.29, 1.82) is 0 Å². The number of carbonyl (C=O) groups is 1. The normalized spacial score (nSPS) is 12.3. The van der Waals surface area contributed by atoms with Crippen molar-refractivity contribution < 1.29 is 44.4 Å². The predicted octanol–water partition coefficient (Wildman–Crippen LogP) is 5.51. The van der Waals surface area contributed by atoms with Gasteiger partial charge in [-0.15, -0.1) is 0 Å². The van der Waals surface area contributed by atoms with Gasteiger partial charge in [0.1, 0.15) is 0 Å². The third-order valence-corrected chi connectivity index (χ3v) is 6.26. The molecule has 0 atom stereocenters. The first-order chi connectivity index (χ1) is 16.1. The van der Waals surface area contributed by atoms with E-state index in [-0.39, 0.29) is 21.6 Å². The number of benzene rings is 2. The Morgan fingerprint density at radius 1 is 1.03 bits per heavy atom. The average Bonchev–Trinajstić information content (AvgIpc) is 2.76. The summed E-state index contributed by atoms with van der Waals surface area (Å²) in [5, 5.41) is 0. The maximum absolute atomic E-state index is 13.6. The topological polar surface area (TPSA) is 85.4 Å². The van der Waals surface area contributed by atoms with Crippen LogP contribution in [0.4, 0.5) is 26.3 Å². The van der Waals surface area contributed by atoms with Gasteiger partial charge in [-0.2, -0.15) is 31.8 Å². The quantitative estimate of drug-likeness (QED) is 0.254. The minimum atomic E-state index is -5.20. The summed E-state index contributed by atoms with van der Waals surface area (Å²) in [5.74, 6) is -1.55. The van der Waals surface area contributed by atoms with Gasteiger partial charge in [-0.3, -0.25) is 9.78 Å². The van der Waals surface area contributed by atoms with Crippen LogP contribution in [-0.4, -0.2) is 31.1 Å². The fraction of sp³-hybridized carbons (Fsp3) is 0.143. The lowest BCUT2D eigenvalue weighted by atomic mass is 10.0. The molecule has 2 aromatic carbocycles. The molecule has 0 bridgehead atoms. The Bertz CT molecular complexity index is 1340. The van der Waals surface area contributed by atoms with Crippen LogP contribution >= 0.6 is 11.8 Å².